The van der Waals surface area contributed by atoms with E-state index in [4.69, 9.17) is 0 Å². The van der Waals surface area contributed by atoms with Crippen molar-refractivity contribution >= 4 is 27.4 Å². The van der Waals surface area contributed by atoms with Crippen LogP contribution in [0.1, 0.15) is 10.4 Å². The van der Waals surface area contributed by atoms with E-state index in [-0.39, 0.29) is 37.4 Å². The van der Waals surface area contributed by atoms with E-state index in [9.17, 15) is 32.1 Å². The number of piperazine rings is 1. The van der Waals surface area contributed by atoms with Gasteiger partial charge >= 0.3 is 5.97 Å². The fourth-order valence-corrected chi connectivity index (χ4v) is 4.67. The number of nitro benzene ring substituents is 1. The minimum absolute atomic E-state index is 0.0285. The molecule has 0 bridgehead atoms. The van der Waals surface area contributed by atoms with Gasteiger partial charge in [-0.1, -0.05) is 0 Å². The topological polar surface area (TPSA) is 110 Å². The van der Waals surface area contributed by atoms with Crippen LogP contribution in [0.25, 0.3) is 0 Å². The number of methoxy groups -OCH3 is 1. The number of halogens is 2. The average molecular weight is 441 g/mol. The van der Waals surface area contributed by atoms with Gasteiger partial charge in [0.2, 0.25) is 10.0 Å². The van der Waals surface area contributed by atoms with E-state index >= 15 is 0 Å². The number of ether oxygens (including phenoxy) is 1. The zero-order valence-corrected chi connectivity index (χ0v) is 16.6. The van der Waals surface area contributed by atoms with Gasteiger partial charge in [0.1, 0.15) is 16.5 Å². The van der Waals surface area contributed by atoms with E-state index in [0.717, 1.165) is 29.6 Å². The lowest BCUT2D eigenvalue weighted by Gasteiger charge is -2.36. The lowest BCUT2D eigenvalue weighted by atomic mass is 10.1. The molecule has 0 aromatic heterocycles. The number of hydrogen-bond acceptors (Lipinski definition) is 7. The van der Waals surface area contributed by atoms with Crippen molar-refractivity contribution in [2.45, 2.75) is 4.90 Å². The molecule has 0 spiro atoms. The fourth-order valence-electron chi connectivity index (χ4n) is 3.17. The molecular formula is C18H17F2N3O6S. The second-order valence-corrected chi connectivity index (χ2v) is 8.32. The summed E-state index contributed by atoms with van der Waals surface area (Å²) in [5, 5.41) is 11.0. The van der Waals surface area contributed by atoms with Crippen molar-refractivity contribution in [3.63, 3.8) is 0 Å². The third-order valence-electron chi connectivity index (χ3n) is 4.69. The lowest BCUT2D eigenvalue weighted by molar-refractivity contribution is -0.384. The second kappa shape index (κ2) is 8.32. The quantitative estimate of drug-likeness (QED) is 0.397. The Bertz CT molecular complexity index is 1100. The number of anilines is 1. The highest BCUT2D eigenvalue weighted by Crippen LogP contribution is 2.29. The molecule has 0 atom stereocenters. The predicted molar refractivity (Wildman–Crippen MR) is 102 cm³/mol. The van der Waals surface area contributed by atoms with Crippen molar-refractivity contribution in [2.75, 3.05) is 38.2 Å². The highest BCUT2D eigenvalue weighted by Gasteiger charge is 2.32. The number of rotatable bonds is 5. The second-order valence-electron chi connectivity index (χ2n) is 6.42. The number of carbonyl (C=O) groups excluding carboxylic acids is 1. The Hall–Kier alpha value is -3.12. The number of nitrogens with zero attached hydrogens (tertiary/aromatic N) is 3. The van der Waals surface area contributed by atoms with Crippen molar-refractivity contribution in [1.82, 2.24) is 4.31 Å². The highest BCUT2D eigenvalue weighted by molar-refractivity contribution is 7.89. The first-order chi connectivity index (χ1) is 14.1. The third kappa shape index (κ3) is 4.09. The molecule has 9 nitrogen and oxygen atoms in total. The summed E-state index contributed by atoms with van der Waals surface area (Å²) in [4.78, 5) is 23.4. The van der Waals surface area contributed by atoms with Gasteiger partial charge in [0.25, 0.3) is 5.69 Å². The number of nitro groups is 1. The van der Waals surface area contributed by atoms with E-state index < -0.39 is 37.4 Å². The van der Waals surface area contributed by atoms with Crippen molar-refractivity contribution in [1.29, 1.82) is 0 Å². The number of non-ortho nitro benzene ring substituents is 1. The van der Waals surface area contributed by atoms with Crippen molar-refractivity contribution < 1.29 is 31.7 Å². The van der Waals surface area contributed by atoms with Crippen LogP contribution in [0.4, 0.5) is 20.2 Å². The molecule has 12 heteroatoms. The Morgan fingerprint density at radius 2 is 1.77 bits per heavy atom. The molecule has 3 rings (SSSR count). The molecule has 1 aliphatic heterocycles. The SMILES string of the molecule is COC(=O)c1cc([N+](=O)[O-])ccc1N1CCN(S(=O)(=O)c2cc(F)ccc2F)CC1. The van der Waals surface area contributed by atoms with Gasteiger partial charge in [-0.3, -0.25) is 10.1 Å². The van der Waals surface area contributed by atoms with E-state index in [2.05, 4.69) is 4.74 Å². The average Bonchev–Trinajstić information content (AvgIpc) is 2.74. The van der Waals surface area contributed by atoms with Crippen molar-refractivity contribution in [3.05, 3.63) is 63.7 Å². The van der Waals surface area contributed by atoms with Gasteiger partial charge < -0.3 is 9.64 Å². The summed E-state index contributed by atoms with van der Waals surface area (Å²) >= 11 is 0. The first-order valence-electron chi connectivity index (χ1n) is 8.72. The number of carbonyl (C=O) groups is 1. The lowest BCUT2D eigenvalue weighted by Crippen LogP contribution is -2.49. The Labute approximate surface area is 170 Å². The molecule has 0 N–H and O–H groups in total. The van der Waals surface area contributed by atoms with Crippen LogP contribution >= 0.6 is 0 Å². The normalized spacial score (nSPS) is 15.1. The number of esters is 1. The predicted octanol–water partition coefficient (Wildman–Crippen LogP) is 2.17. The Morgan fingerprint density at radius 3 is 2.37 bits per heavy atom. The van der Waals surface area contributed by atoms with Crippen LogP contribution in [-0.4, -0.2) is 56.9 Å². The molecule has 160 valence electrons. The standard InChI is InChI=1S/C18H17F2N3O6S/c1-29-18(24)14-11-13(23(25)26)3-5-16(14)21-6-8-22(9-7-21)30(27,28)17-10-12(19)2-4-15(17)20/h2-5,10-11H,6-9H2,1H3. The minimum atomic E-state index is -4.26. The van der Waals surface area contributed by atoms with Crippen LogP contribution in [-0.2, 0) is 14.8 Å². The van der Waals surface area contributed by atoms with Crippen molar-refractivity contribution in [3.8, 4) is 0 Å². The summed E-state index contributed by atoms with van der Waals surface area (Å²) in [6, 6.07) is 5.91. The van der Waals surface area contributed by atoms with Crippen LogP contribution in [0.2, 0.25) is 0 Å². The molecule has 1 fully saturated rings. The monoisotopic (exact) mass is 441 g/mol. The van der Waals surface area contributed by atoms with Crippen LogP contribution in [0.5, 0.6) is 0 Å². The van der Waals surface area contributed by atoms with Gasteiger partial charge in [-0.05, 0) is 24.3 Å². The zero-order chi connectivity index (χ0) is 22.1. The first kappa shape index (κ1) is 21.6. The van der Waals surface area contributed by atoms with Crippen molar-refractivity contribution in [2.24, 2.45) is 0 Å². The molecule has 30 heavy (non-hydrogen) atoms. The number of sulfonamides is 1. The molecule has 0 saturated carbocycles. The summed E-state index contributed by atoms with van der Waals surface area (Å²) in [5.74, 6) is -2.70. The molecule has 1 aliphatic rings. The fraction of sp³-hybridized carbons (Fsp3) is 0.278. The number of hydrogen-bond donors (Lipinski definition) is 0. The summed E-state index contributed by atoms with van der Waals surface area (Å²) in [7, 11) is -3.12. The van der Waals surface area contributed by atoms with E-state index in [1.54, 1.807) is 4.90 Å². The molecule has 2 aromatic carbocycles. The highest BCUT2D eigenvalue weighted by atomic mass is 32.2. The molecule has 0 radical (unpaired) electrons. The molecule has 0 unspecified atom stereocenters. The van der Waals surface area contributed by atoms with Gasteiger partial charge in [0, 0.05) is 38.3 Å². The summed E-state index contributed by atoms with van der Waals surface area (Å²) in [6.45, 7) is 0.127. The molecule has 0 aliphatic carbocycles. The van der Waals surface area contributed by atoms with E-state index in [1.165, 1.54) is 12.1 Å². The molecule has 1 saturated heterocycles. The van der Waals surface area contributed by atoms with Crippen LogP contribution in [0.3, 0.4) is 0 Å². The van der Waals surface area contributed by atoms with Gasteiger partial charge in [0.15, 0.2) is 0 Å². The Balaban J connectivity index is 1.84. The number of benzene rings is 2. The van der Waals surface area contributed by atoms with Gasteiger partial charge in [0.05, 0.1) is 23.3 Å². The Kier molecular flexibility index (Phi) is 5.99. The van der Waals surface area contributed by atoms with Crippen LogP contribution in [0.15, 0.2) is 41.3 Å². The van der Waals surface area contributed by atoms with Gasteiger partial charge in [-0.25, -0.2) is 22.0 Å². The summed E-state index contributed by atoms with van der Waals surface area (Å²) in [6.07, 6.45) is 0. The van der Waals surface area contributed by atoms with Crippen LogP contribution < -0.4 is 4.90 Å². The van der Waals surface area contributed by atoms with E-state index in [0.29, 0.717) is 11.8 Å². The molecule has 1 heterocycles. The largest absolute Gasteiger partial charge is 0.465 e. The Morgan fingerprint density at radius 1 is 1.10 bits per heavy atom. The van der Waals surface area contributed by atoms with E-state index in [1.807, 2.05) is 0 Å². The van der Waals surface area contributed by atoms with Gasteiger partial charge in [-0.15, -0.1) is 0 Å². The molecule has 2 aromatic rings. The minimum Gasteiger partial charge on any atom is -0.465 e. The summed E-state index contributed by atoms with van der Waals surface area (Å²) < 4.78 is 58.5. The molecular weight excluding hydrogens is 424 g/mol. The zero-order valence-electron chi connectivity index (χ0n) is 15.7. The maximum Gasteiger partial charge on any atom is 0.340 e. The maximum absolute atomic E-state index is 14.0. The van der Waals surface area contributed by atoms with Gasteiger partial charge in [-0.2, -0.15) is 4.31 Å². The maximum atomic E-state index is 14.0. The summed E-state index contributed by atoms with van der Waals surface area (Å²) in [5.41, 5.74) is 0.0301. The van der Waals surface area contributed by atoms with Crippen LogP contribution in [0, 0.1) is 21.7 Å². The smallest absolute Gasteiger partial charge is 0.340 e. The third-order valence-corrected chi connectivity index (χ3v) is 6.60. The first-order valence-corrected chi connectivity index (χ1v) is 10.2. The molecule has 0 amide bonds.